The molecule has 3 nitrogen and oxygen atoms in total. The minimum Gasteiger partial charge on any atom is -0.340 e. The first-order valence-corrected chi connectivity index (χ1v) is 7.75. The Kier molecular flexibility index (Phi) is 3.82. The zero-order chi connectivity index (χ0) is 17.2. The van der Waals surface area contributed by atoms with Crippen LogP contribution in [0.5, 0.6) is 0 Å². The van der Waals surface area contributed by atoms with Gasteiger partial charge in [0.1, 0.15) is 17.5 Å². The van der Waals surface area contributed by atoms with E-state index in [1.165, 1.54) is 18.2 Å². The second-order valence-electron chi connectivity index (χ2n) is 5.53. The standard InChI is InChI=1S/C20H13F2N3/c21-13-6-5-7-14(12-13)23-20-16-9-2-4-11-18(16)24-19(25-20)15-8-1-3-10-17(15)22/h1-12H,(H,23,24,25). The van der Waals surface area contributed by atoms with Gasteiger partial charge < -0.3 is 5.32 Å². The molecule has 0 amide bonds. The van der Waals surface area contributed by atoms with E-state index >= 15 is 0 Å². The first-order chi connectivity index (χ1) is 12.2. The molecule has 1 heterocycles. The molecule has 0 fully saturated rings. The molecule has 0 aliphatic heterocycles. The van der Waals surface area contributed by atoms with E-state index in [9.17, 15) is 8.78 Å². The normalized spacial score (nSPS) is 10.8. The van der Waals surface area contributed by atoms with E-state index in [0.29, 0.717) is 22.6 Å². The summed E-state index contributed by atoms with van der Waals surface area (Å²) in [6.45, 7) is 0. The van der Waals surface area contributed by atoms with Crippen LogP contribution in [-0.2, 0) is 0 Å². The fraction of sp³-hybridized carbons (Fsp3) is 0. The van der Waals surface area contributed by atoms with Gasteiger partial charge in [-0.1, -0.05) is 30.3 Å². The molecular weight excluding hydrogens is 320 g/mol. The number of hydrogen-bond acceptors (Lipinski definition) is 3. The fourth-order valence-corrected chi connectivity index (χ4v) is 2.64. The highest BCUT2D eigenvalue weighted by molar-refractivity contribution is 5.92. The highest BCUT2D eigenvalue weighted by Gasteiger charge is 2.12. The van der Waals surface area contributed by atoms with E-state index < -0.39 is 5.82 Å². The average Bonchev–Trinajstić information content (AvgIpc) is 2.62. The summed E-state index contributed by atoms with van der Waals surface area (Å²) in [7, 11) is 0. The number of nitrogens with zero attached hydrogens (tertiary/aromatic N) is 2. The van der Waals surface area contributed by atoms with E-state index in [4.69, 9.17) is 0 Å². The first-order valence-electron chi connectivity index (χ1n) is 7.75. The van der Waals surface area contributed by atoms with Gasteiger partial charge in [0.25, 0.3) is 0 Å². The maximum absolute atomic E-state index is 14.1. The maximum atomic E-state index is 14.1. The lowest BCUT2D eigenvalue weighted by Gasteiger charge is -2.11. The Hall–Kier alpha value is -3.34. The maximum Gasteiger partial charge on any atom is 0.165 e. The van der Waals surface area contributed by atoms with Crippen LogP contribution in [0.4, 0.5) is 20.3 Å². The predicted molar refractivity (Wildman–Crippen MR) is 94.6 cm³/mol. The summed E-state index contributed by atoms with van der Waals surface area (Å²) in [6, 6.07) is 19.9. The second-order valence-corrected chi connectivity index (χ2v) is 5.53. The number of rotatable bonds is 3. The van der Waals surface area contributed by atoms with E-state index in [-0.39, 0.29) is 11.6 Å². The van der Waals surface area contributed by atoms with Gasteiger partial charge in [-0.05, 0) is 42.5 Å². The topological polar surface area (TPSA) is 37.8 Å². The van der Waals surface area contributed by atoms with Crippen LogP contribution in [0.3, 0.4) is 0 Å². The zero-order valence-corrected chi connectivity index (χ0v) is 13.1. The molecule has 25 heavy (non-hydrogen) atoms. The van der Waals surface area contributed by atoms with Gasteiger partial charge in [-0.3, -0.25) is 0 Å². The highest BCUT2D eigenvalue weighted by Crippen LogP contribution is 2.28. The summed E-state index contributed by atoms with van der Waals surface area (Å²) in [5.74, 6) is 0.0253. The van der Waals surface area contributed by atoms with Crippen molar-refractivity contribution in [3.05, 3.63) is 84.4 Å². The molecule has 0 bridgehead atoms. The third-order valence-electron chi connectivity index (χ3n) is 3.81. The third-order valence-corrected chi connectivity index (χ3v) is 3.81. The lowest BCUT2D eigenvalue weighted by molar-refractivity contribution is 0.628. The van der Waals surface area contributed by atoms with Crippen LogP contribution in [0.25, 0.3) is 22.3 Å². The van der Waals surface area contributed by atoms with Gasteiger partial charge in [0.15, 0.2) is 5.82 Å². The molecule has 1 aromatic heterocycles. The van der Waals surface area contributed by atoms with Gasteiger partial charge in [0.05, 0.1) is 11.1 Å². The Labute approximate surface area is 143 Å². The summed E-state index contributed by atoms with van der Waals surface area (Å²) in [5.41, 5.74) is 1.55. The minimum atomic E-state index is -0.394. The van der Waals surface area contributed by atoms with Crippen LogP contribution in [0.2, 0.25) is 0 Å². The van der Waals surface area contributed by atoms with E-state index in [2.05, 4.69) is 15.3 Å². The van der Waals surface area contributed by atoms with Crippen LogP contribution in [0, 0.1) is 11.6 Å². The molecule has 0 aliphatic rings. The highest BCUT2D eigenvalue weighted by atomic mass is 19.1. The van der Waals surface area contributed by atoms with Gasteiger partial charge >= 0.3 is 0 Å². The summed E-state index contributed by atoms with van der Waals surface area (Å²) in [6.07, 6.45) is 0. The molecule has 3 aromatic carbocycles. The van der Waals surface area contributed by atoms with Crippen molar-refractivity contribution in [2.24, 2.45) is 0 Å². The number of fused-ring (bicyclic) bond motifs is 1. The fourth-order valence-electron chi connectivity index (χ4n) is 2.64. The van der Waals surface area contributed by atoms with Crippen molar-refractivity contribution >= 4 is 22.4 Å². The number of hydrogen-bond donors (Lipinski definition) is 1. The van der Waals surface area contributed by atoms with E-state index in [1.54, 1.807) is 30.3 Å². The zero-order valence-electron chi connectivity index (χ0n) is 13.1. The lowest BCUT2D eigenvalue weighted by Crippen LogP contribution is -2.00. The summed E-state index contributed by atoms with van der Waals surface area (Å²) in [4.78, 5) is 8.93. The Morgan fingerprint density at radius 3 is 2.40 bits per heavy atom. The summed E-state index contributed by atoms with van der Waals surface area (Å²) < 4.78 is 27.6. The van der Waals surface area contributed by atoms with Crippen molar-refractivity contribution in [2.75, 3.05) is 5.32 Å². The number of nitrogens with one attached hydrogen (secondary N) is 1. The number of para-hydroxylation sites is 1. The summed E-state index contributed by atoms with van der Waals surface area (Å²) >= 11 is 0. The van der Waals surface area contributed by atoms with Crippen molar-refractivity contribution < 1.29 is 8.78 Å². The van der Waals surface area contributed by atoms with Crippen LogP contribution in [0.15, 0.2) is 72.8 Å². The molecule has 0 radical (unpaired) electrons. The molecule has 0 unspecified atom stereocenters. The molecule has 5 heteroatoms. The largest absolute Gasteiger partial charge is 0.340 e. The number of anilines is 2. The Morgan fingerprint density at radius 2 is 1.56 bits per heavy atom. The van der Waals surface area contributed by atoms with Crippen molar-refractivity contribution in [2.45, 2.75) is 0 Å². The van der Waals surface area contributed by atoms with Gasteiger partial charge in [0, 0.05) is 11.1 Å². The molecule has 0 saturated carbocycles. The molecule has 0 saturated heterocycles. The third kappa shape index (κ3) is 3.04. The van der Waals surface area contributed by atoms with Crippen molar-refractivity contribution in [1.29, 1.82) is 0 Å². The molecule has 4 aromatic rings. The molecule has 1 N–H and O–H groups in total. The smallest absolute Gasteiger partial charge is 0.165 e. The molecule has 0 atom stereocenters. The van der Waals surface area contributed by atoms with Crippen molar-refractivity contribution in [3.8, 4) is 11.4 Å². The molecule has 4 rings (SSSR count). The monoisotopic (exact) mass is 333 g/mol. The van der Waals surface area contributed by atoms with Gasteiger partial charge in [-0.15, -0.1) is 0 Å². The van der Waals surface area contributed by atoms with Crippen LogP contribution < -0.4 is 5.32 Å². The number of halogens is 2. The SMILES string of the molecule is Fc1cccc(Nc2nc(-c3ccccc3F)nc3ccccc23)c1. The van der Waals surface area contributed by atoms with Crippen LogP contribution in [-0.4, -0.2) is 9.97 Å². The average molecular weight is 333 g/mol. The Balaban J connectivity index is 1.89. The predicted octanol–water partition coefficient (Wildman–Crippen LogP) is 5.32. The summed E-state index contributed by atoms with van der Waals surface area (Å²) in [5, 5.41) is 3.87. The minimum absolute atomic E-state index is 0.274. The second kappa shape index (κ2) is 6.28. The number of aromatic nitrogens is 2. The quantitative estimate of drug-likeness (QED) is 0.551. The van der Waals surface area contributed by atoms with Gasteiger partial charge in [0.2, 0.25) is 0 Å². The van der Waals surface area contributed by atoms with E-state index in [1.807, 2.05) is 24.3 Å². The molecule has 0 spiro atoms. The Bertz CT molecular complexity index is 1060. The van der Waals surface area contributed by atoms with Crippen molar-refractivity contribution in [1.82, 2.24) is 9.97 Å². The van der Waals surface area contributed by atoms with Crippen LogP contribution >= 0.6 is 0 Å². The van der Waals surface area contributed by atoms with Gasteiger partial charge in [-0.25, -0.2) is 18.7 Å². The lowest BCUT2D eigenvalue weighted by atomic mass is 10.1. The number of benzene rings is 3. The van der Waals surface area contributed by atoms with Crippen LogP contribution in [0.1, 0.15) is 0 Å². The molecular formula is C20H13F2N3. The van der Waals surface area contributed by atoms with E-state index in [0.717, 1.165) is 5.39 Å². The molecule has 0 aliphatic carbocycles. The van der Waals surface area contributed by atoms with Crippen molar-refractivity contribution in [3.63, 3.8) is 0 Å². The first kappa shape index (κ1) is 15.2. The molecule has 122 valence electrons. The van der Waals surface area contributed by atoms with Gasteiger partial charge in [-0.2, -0.15) is 0 Å². The Morgan fingerprint density at radius 1 is 0.760 bits per heavy atom.